The number of carbonyl (C=O) groups excluding carboxylic acids is 2. The second kappa shape index (κ2) is 11.0. The third kappa shape index (κ3) is 6.28. The van der Waals surface area contributed by atoms with Crippen LogP contribution in [0.3, 0.4) is 0 Å². The fourth-order valence-corrected chi connectivity index (χ4v) is 4.30. The SMILES string of the molecule is Cc1cccc(NC(=O)CN2CCN(c3ccc(C(=O)O)cc3NC(=O)c3cccc(C)c3)CC2)c1. The summed E-state index contributed by atoms with van der Waals surface area (Å²) < 4.78 is 0. The summed E-state index contributed by atoms with van der Waals surface area (Å²) in [6.45, 7) is 6.77. The van der Waals surface area contributed by atoms with Crippen molar-refractivity contribution in [2.24, 2.45) is 0 Å². The number of hydrogen-bond donors (Lipinski definition) is 3. The Balaban J connectivity index is 1.42. The van der Waals surface area contributed by atoms with Gasteiger partial charge in [-0.1, -0.05) is 29.8 Å². The van der Waals surface area contributed by atoms with Gasteiger partial charge in [-0.15, -0.1) is 0 Å². The van der Waals surface area contributed by atoms with Gasteiger partial charge in [-0.05, 0) is 61.9 Å². The molecule has 3 aromatic carbocycles. The summed E-state index contributed by atoms with van der Waals surface area (Å²) >= 11 is 0. The van der Waals surface area contributed by atoms with Crippen molar-refractivity contribution < 1.29 is 19.5 Å². The van der Waals surface area contributed by atoms with Crippen molar-refractivity contribution in [2.75, 3.05) is 48.3 Å². The molecule has 36 heavy (non-hydrogen) atoms. The van der Waals surface area contributed by atoms with E-state index in [0.29, 0.717) is 37.4 Å². The first kappa shape index (κ1) is 24.9. The number of aromatic carboxylic acids is 1. The lowest BCUT2D eigenvalue weighted by atomic mass is 10.1. The van der Waals surface area contributed by atoms with Crippen molar-refractivity contribution >= 4 is 34.8 Å². The topological polar surface area (TPSA) is 102 Å². The van der Waals surface area contributed by atoms with Crippen molar-refractivity contribution in [3.63, 3.8) is 0 Å². The maximum atomic E-state index is 12.9. The summed E-state index contributed by atoms with van der Waals surface area (Å²) in [5.74, 6) is -1.42. The third-order valence-electron chi connectivity index (χ3n) is 6.15. The van der Waals surface area contributed by atoms with Gasteiger partial charge in [0.2, 0.25) is 5.91 Å². The van der Waals surface area contributed by atoms with Crippen molar-refractivity contribution in [2.45, 2.75) is 13.8 Å². The molecule has 2 amide bonds. The normalized spacial score (nSPS) is 13.8. The van der Waals surface area contributed by atoms with E-state index >= 15 is 0 Å². The van der Waals surface area contributed by atoms with Gasteiger partial charge >= 0.3 is 5.97 Å². The number of carboxylic acids is 1. The van der Waals surface area contributed by atoms with Crippen molar-refractivity contribution in [3.8, 4) is 0 Å². The molecule has 0 unspecified atom stereocenters. The van der Waals surface area contributed by atoms with Crippen LogP contribution >= 0.6 is 0 Å². The molecular weight excluding hydrogens is 456 g/mol. The average molecular weight is 487 g/mol. The zero-order valence-electron chi connectivity index (χ0n) is 20.5. The molecule has 0 atom stereocenters. The van der Waals surface area contributed by atoms with Gasteiger partial charge in [0.25, 0.3) is 5.91 Å². The van der Waals surface area contributed by atoms with E-state index in [2.05, 4.69) is 20.4 Å². The van der Waals surface area contributed by atoms with Crippen LogP contribution in [-0.2, 0) is 4.79 Å². The molecule has 0 bridgehead atoms. The van der Waals surface area contributed by atoms with E-state index in [0.717, 1.165) is 22.5 Å². The first-order valence-electron chi connectivity index (χ1n) is 11.9. The van der Waals surface area contributed by atoms with E-state index in [1.807, 2.05) is 50.2 Å². The molecule has 1 aliphatic rings. The number of carbonyl (C=O) groups is 3. The number of anilines is 3. The number of carboxylic acid groups (broad SMARTS) is 1. The van der Waals surface area contributed by atoms with Gasteiger partial charge in [0, 0.05) is 37.4 Å². The lowest BCUT2D eigenvalue weighted by molar-refractivity contribution is -0.117. The predicted octanol–water partition coefficient (Wildman–Crippen LogP) is 4.01. The molecule has 3 N–H and O–H groups in total. The second-order valence-corrected chi connectivity index (χ2v) is 9.04. The summed E-state index contributed by atoms with van der Waals surface area (Å²) in [6.07, 6.45) is 0. The average Bonchev–Trinajstić information content (AvgIpc) is 2.84. The highest BCUT2D eigenvalue weighted by Gasteiger charge is 2.23. The van der Waals surface area contributed by atoms with E-state index in [1.54, 1.807) is 24.3 Å². The molecule has 1 heterocycles. The predicted molar refractivity (Wildman–Crippen MR) is 141 cm³/mol. The Morgan fingerprint density at radius 1 is 0.806 bits per heavy atom. The van der Waals surface area contributed by atoms with Crippen molar-refractivity contribution in [3.05, 3.63) is 89.0 Å². The van der Waals surface area contributed by atoms with Crippen LogP contribution in [0.4, 0.5) is 17.1 Å². The minimum Gasteiger partial charge on any atom is -0.478 e. The molecule has 1 fully saturated rings. The number of benzene rings is 3. The van der Waals surface area contributed by atoms with E-state index in [1.165, 1.54) is 6.07 Å². The minimum absolute atomic E-state index is 0.0639. The van der Waals surface area contributed by atoms with Gasteiger partial charge in [0.15, 0.2) is 0 Å². The van der Waals surface area contributed by atoms with Crippen LogP contribution < -0.4 is 15.5 Å². The smallest absolute Gasteiger partial charge is 0.335 e. The summed E-state index contributed by atoms with van der Waals surface area (Å²) in [4.78, 5) is 41.2. The van der Waals surface area contributed by atoms with Crippen molar-refractivity contribution in [1.82, 2.24) is 4.90 Å². The molecular formula is C28H30N4O4. The van der Waals surface area contributed by atoms with E-state index in [-0.39, 0.29) is 23.9 Å². The van der Waals surface area contributed by atoms with E-state index < -0.39 is 5.97 Å². The largest absolute Gasteiger partial charge is 0.478 e. The lowest BCUT2D eigenvalue weighted by Gasteiger charge is -2.36. The number of rotatable bonds is 7. The van der Waals surface area contributed by atoms with Crippen LogP contribution in [-0.4, -0.2) is 60.5 Å². The molecule has 8 nitrogen and oxygen atoms in total. The zero-order valence-corrected chi connectivity index (χ0v) is 20.5. The number of piperazine rings is 1. The van der Waals surface area contributed by atoms with Crippen LogP contribution in [0.5, 0.6) is 0 Å². The molecule has 186 valence electrons. The number of amides is 2. The minimum atomic E-state index is -1.06. The van der Waals surface area contributed by atoms with Gasteiger partial charge in [-0.25, -0.2) is 4.79 Å². The number of hydrogen-bond acceptors (Lipinski definition) is 5. The molecule has 0 radical (unpaired) electrons. The van der Waals surface area contributed by atoms with Crippen LogP contribution in [0.1, 0.15) is 31.8 Å². The molecule has 0 aromatic heterocycles. The van der Waals surface area contributed by atoms with Gasteiger partial charge in [-0.3, -0.25) is 14.5 Å². The fourth-order valence-electron chi connectivity index (χ4n) is 4.30. The van der Waals surface area contributed by atoms with Crippen LogP contribution in [0.25, 0.3) is 0 Å². The first-order chi connectivity index (χ1) is 17.3. The summed E-state index contributed by atoms with van der Waals surface area (Å²) in [6, 6.07) is 19.7. The molecule has 1 aliphatic heterocycles. The maximum absolute atomic E-state index is 12.9. The quantitative estimate of drug-likeness (QED) is 0.466. The van der Waals surface area contributed by atoms with Gasteiger partial charge < -0.3 is 20.6 Å². The molecule has 4 rings (SSSR count). The fraction of sp³-hybridized carbons (Fsp3) is 0.250. The summed E-state index contributed by atoms with van der Waals surface area (Å²) in [5.41, 5.74) is 4.64. The molecule has 8 heteroatoms. The lowest BCUT2D eigenvalue weighted by Crippen LogP contribution is -2.48. The van der Waals surface area contributed by atoms with Crippen molar-refractivity contribution in [1.29, 1.82) is 0 Å². The van der Waals surface area contributed by atoms with E-state index in [9.17, 15) is 19.5 Å². The molecule has 0 spiro atoms. The van der Waals surface area contributed by atoms with Gasteiger partial charge in [0.05, 0.1) is 23.5 Å². The Bertz CT molecular complexity index is 1280. The Morgan fingerprint density at radius 2 is 1.50 bits per heavy atom. The Hall–Kier alpha value is -4.17. The summed E-state index contributed by atoms with van der Waals surface area (Å²) in [7, 11) is 0. The maximum Gasteiger partial charge on any atom is 0.335 e. The Kier molecular flexibility index (Phi) is 7.65. The van der Waals surface area contributed by atoms with E-state index in [4.69, 9.17) is 0 Å². The molecule has 0 saturated carbocycles. The van der Waals surface area contributed by atoms with Gasteiger partial charge in [0.1, 0.15) is 0 Å². The molecule has 1 saturated heterocycles. The molecule has 0 aliphatic carbocycles. The highest BCUT2D eigenvalue weighted by molar-refractivity contribution is 6.07. The van der Waals surface area contributed by atoms with Crippen LogP contribution in [0.15, 0.2) is 66.7 Å². The standard InChI is InChI=1S/C28H30N4O4/c1-19-5-3-7-21(15-19)27(34)30-24-17-22(28(35)36)9-10-25(24)32-13-11-31(12-14-32)18-26(33)29-23-8-4-6-20(2)16-23/h3-10,15-17H,11-14,18H2,1-2H3,(H,29,33)(H,30,34)(H,35,36). The van der Waals surface area contributed by atoms with Gasteiger partial charge in [-0.2, -0.15) is 0 Å². The second-order valence-electron chi connectivity index (χ2n) is 9.04. The number of aryl methyl sites for hydroxylation is 2. The Labute approximate surface area is 210 Å². The number of nitrogens with zero attached hydrogens (tertiary/aromatic N) is 2. The zero-order chi connectivity index (χ0) is 25.7. The first-order valence-corrected chi connectivity index (χ1v) is 11.9. The summed E-state index contributed by atoms with van der Waals surface area (Å²) in [5, 5.41) is 15.3. The van der Waals surface area contributed by atoms with Crippen LogP contribution in [0.2, 0.25) is 0 Å². The highest BCUT2D eigenvalue weighted by Crippen LogP contribution is 2.29. The number of nitrogens with one attached hydrogen (secondary N) is 2. The molecule has 3 aromatic rings. The highest BCUT2D eigenvalue weighted by atomic mass is 16.4. The third-order valence-corrected chi connectivity index (χ3v) is 6.15. The monoisotopic (exact) mass is 486 g/mol. The Morgan fingerprint density at radius 3 is 2.17 bits per heavy atom. The van der Waals surface area contributed by atoms with Crippen LogP contribution in [0, 0.1) is 13.8 Å².